The normalized spacial score (nSPS) is 11.2. The second-order valence-electron chi connectivity index (χ2n) is 6.76. The molecule has 0 atom stereocenters. The summed E-state index contributed by atoms with van der Waals surface area (Å²) in [4.78, 5) is 17.3. The van der Waals surface area contributed by atoms with E-state index in [0.29, 0.717) is 27.2 Å². The first-order valence-electron chi connectivity index (χ1n) is 9.52. The number of carbonyl (C=O) groups excluding carboxylic acids is 1. The van der Waals surface area contributed by atoms with E-state index in [4.69, 9.17) is 21.1 Å². The van der Waals surface area contributed by atoms with Crippen LogP contribution >= 0.6 is 22.9 Å². The lowest BCUT2D eigenvalue weighted by Crippen LogP contribution is -2.15. The Morgan fingerprint density at radius 2 is 1.70 bits per heavy atom. The lowest BCUT2D eigenvalue weighted by Gasteiger charge is -2.09. The van der Waals surface area contributed by atoms with Crippen molar-refractivity contribution in [3.8, 4) is 11.5 Å². The Kier molecular flexibility index (Phi) is 6.41. The number of hydrogen-bond donors (Lipinski definition) is 2. The van der Waals surface area contributed by atoms with E-state index < -0.39 is 15.9 Å². The largest absolute Gasteiger partial charge is 0.495 e. The molecule has 1 amide bonds. The predicted molar refractivity (Wildman–Crippen MR) is 129 cm³/mol. The maximum atomic E-state index is 12.8. The number of benzene rings is 3. The second-order valence-corrected chi connectivity index (χ2v) is 9.88. The molecule has 11 heteroatoms. The van der Waals surface area contributed by atoms with Crippen LogP contribution in [0.1, 0.15) is 10.4 Å². The summed E-state index contributed by atoms with van der Waals surface area (Å²) in [5.74, 6) is 0.725. The van der Waals surface area contributed by atoms with Crippen molar-refractivity contribution in [2.24, 2.45) is 0 Å². The van der Waals surface area contributed by atoms with Crippen LogP contribution in [0.15, 0.2) is 65.6 Å². The first-order chi connectivity index (χ1) is 15.8. The average molecular weight is 504 g/mol. The van der Waals surface area contributed by atoms with Gasteiger partial charge in [-0.25, -0.2) is 13.4 Å². The van der Waals surface area contributed by atoms with Gasteiger partial charge in [-0.2, -0.15) is 0 Å². The molecule has 0 radical (unpaired) electrons. The van der Waals surface area contributed by atoms with Crippen molar-refractivity contribution in [3.63, 3.8) is 0 Å². The van der Waals surface area contributed by atoms with Gasteiger partial charge in [0.25, 0.3) is 15.9 Å². The number of nitrogens with one attached hydrogen (secondary N) is 2. The summed E-state index contributed by atoms with van der Waals surface area (Å²) in [6.45, 7) is 0. The Morgan fingerprint density at radius 3 is 2.39 bits per heavy atom. The van der Waals surface area contributed by atoms with Gasteiger partial charge in [0.2, 0.25) is 0 Å². The third-order valence-electron chi connectivity index (χ3n) is 4.63. The Labute approximate surface area is 199 Å². The van der Waals surface area contributed by atoms with Gasteiger partial charge in [-0.1, -0.05) is 29.0 Å². The number of aromatic nitrogens is 1. The van der Waals surface area contributed by atoms with Crippen molar-refractivity contribution < 1.29 is 22.7 Å². The number of carbonyl (C=O) groups is 1. The fourth-order valence-electron chi connectivity index (χ4n) is 3.06. The van der Waals surface area contributed by atoms with Gasteiger partial charge >= 0.3 is 0 Å². The molecule has 2 N–H and O–H groups in total. The monoisotopic (exact) mass is 503 g/mol. The maximum absolute atomic E-state index is 12.8. The number of halogens is 1. The number of rotatable bonds is 7. The standard InChI is InChI=1S/C22H18ClN3O5S2/c1-30-17-10-11-18(31-2)20-19(17)24-22(32-20)25-21(27)13-4-3-5-15(12-13)26-33(28,29)16-8-6-14(23)7-9-16/h3-12,26H,1-2H3,(H,24,25,27). The minimum absolute atomic E-state index is 0.0547. The molecule has 1 heterocycles. The molecule has 170 valence electrons. The molecular weight excluding hydrogens is 486 g/mol. The van der Waals surface area contributed by atoms with Crippen LogP contribution in [0.5, 0.6) is 11.5 Å². The molecule has 4 rings (SSSR count). The lowest BCUT2D eigenvalue weighted by molar-refractivity contribution is 0.102. The molecule has 33 heavy (non-hydrogen) atoms. The molecule has 3 aromatic carbocycles. The number of sulfonamides is 1. The zero-order chi connectivity index (χ0) is 23.6. The highest BCUT2D eigenvalue weighted by atomic mass is 35.5. The predicted octanol–water partition coefficient (Wildman–Crippen LogP) is 5.02. The number of amides is 1. The number of ether oxygens (including phenoxy) is 2. The number of nitrogens with zero attached hydrogens (tertiary/aromatic N) is 1. The molecular formula is C22H18ClN3O5S2. The molecule has 0 bridgehead atoms. The van der Waals surface area contributed by atoms with Gasteiger partial charge in [-0.15, -0.1) is 0 Å². The minimum Gasteiger partial charge on any atom is -0.495 e. The number of fused-ring (bicyclic) bond motifs is 1. The highest BCUT2D eigenvalue weighted by Crippen LogP contribution is 2.39. The molecule has 0 unspecified atom stereocenters. The lowest BCUT2D eigenvalue weighted by atomic mass is 10.2. The molecule has 0 saturated heterocycles. The van der Waals surface area contributed by atoms with Gasteiger partial charge in [-0.3, -0.25) is 14.8 Å². The average Bonchev–Trinajstić information content (AvgIpc) is 3.22. The van der Waals surface area contributed by atoms with Crippen molar-refractivity contribution in [1.82, 2.24) is 4.98 Å². The SMILES string of the molecule is COc1ccc(OC)c2sc(NC(=O)c3cccc(NS(=O)(=O)c4ccc(Cl)cc4)c3)nc12. The van der Waals surface area contributed by atoms with Gasteiger partial charge in [0, 0.05) is 16.3 Å². The summed E-state index contributed by atoms with van der Waals surface area (Å²) in [7, 11) is -0.754. The zero-order valence-corrected chi connectivity index (χ0v) is 19.8. The summed E-state index contributed by atoms with van der Waals surface area (Å²) in [6, 6.07) is 15.4. The van der Waals surface area contributed by atoms with Gasteiger partial charge in [0.1, 0.15) is 21.7 Å². The van der Waals surface area contributed by atoms with E-state index in [9.17, 15) is 13.2 Å². The fourth-order valence-corrected chi connectivity index (χ4v) is 5.20. The molecule has 0 aliphatic heterocycles. The Hall–Kier alpha value is -3.34. The summed E-state index contributed by atoms with van der Waals surface area (Å²) < 4.78 is 39.1. The van der Waals surface area contributed by atoms with Crippen molar-refractivity contribution >= 4 is 59.9 Å². The topological polar surface area (TPSA) is 107 Å². The molecule has 4 aromatic rings. The third kappa shape index (κ3) is 4.87. The van der Waals surface area contributed by atoms with Crippen LogP contribution in [0.3, 0.4) is 0 Å². The molecule has 8 nitrogen and oxygen atoms in total. The van der Waals surface area contributed by atoms with E-state index in [-0.39, 0.29) is 16.1 Å². The van der Waals surface area contributed by atoms with Crippen LogP contribution in [0, 0.1) is 0 Å². The van der Waals surface area contributed by atoms with Crippen LogP contribution in [0.2, 0.25) is 5.02 Å². The summed E-state index contributed by atoms with van der Waals surface area (Å²) in [5, 5.41) is 3.52. The molecule has 0 spiro atoms. The van der Waals surface area contributed by atoms with Crippen LogP contribution in [-0.4, -0.2) is 33.5 Å². The first kappa shape index (κ1) is 22.8. The van der Waals surface area contributed by atoms with E-state index in [1.54, 1.807) is 37.4 Å². The smallest absolute Gasteiger partial charge is 0.261 e. The molecule has 0 aliphatic rings. The number of thiazole rings is 1. The fraction of sp³-hybridized carbons (Fsp3) is 0.0909. The quantitative estimate of drug-likeness (QED) is 0.367. The summed E-state index contributed by atoms with van der Waals surface area (Å²) >= 11 is 7.07. The minimum atomic E-state index is -3.84. The first-order valence-corrected chi connectivity index (χ1v) is 12.2. The van der Waals surface area contributed by atoms with Crippen molar-refractivity contribution in [1.29, 1.82) is 0 Å². The van der Waals surface area contributed by atoms with Gasteiger partial charge in [0.05, 0.1) is 19.1 Å². The van der Waals surface area contributed by atoms with Crippen LogP contribution < -0.4 is 19.5 Å². The third-order valence-corrected chi connectivity index (χ3v) is 7.27. The Balaban J connectivity index is 1.56. The van der Waals surface area contributed by atoms with Crippen molar-refractivity contribution in [2.45, 2.75) is 4.90 Å². The van der Waals surface area contributed by atoms with Gasteiger partial charge < -0.3 is 9.47 Å². The summed E-state index contributed by atoms with van der Waals surface area (Å²) in [5.41, 5.74) is 1.07. The van der Waals surface area contributed by atoms with Crippen LogP contribution in [0.25, 0.3) is 10.2 Å². The van der Waals surface area contributed by atoms with E-state index in [0.717, 1.165) is 4.70 Å². The molecule has 0 fully saturated rings. The van der Waals surface area contributed by atoms with E-state index in [1.165, 1.54) is 48.8 Å². The summed E-state index contributed by atoms with van der Waals surface area (Å²) in [6.07, 6.45) is 0. The second kappa shape index (κ2) is 9.26. The van der Waals surface area contributed by atoms with Crippen LogP contribution in [0.4, 0.5) is 10.8 Å². The Morgan fingerprint density at radius 1 is 1.00 bits per heavy atom. The van der Waals surface area contributed by atoms with E-state index in [1.807, 2.05) is 0 Å². The van der Waals surface area contributed by atoms with E-state index >= 15 is 0 Å². The Bertz CT molecular complexity index is 1400. The highest BCUT2D eigenvalue weighted by molar-refractivity contribution is 7.92. The number of anilines is 2. The van der Waals surface area contributed by atoms with Gasteiger partial charge in [-0.05, 0) is 54.6 Å². The van der Waals surface area contributed by atoms with Crippen LogP contribution in [-0.2, 0) is 10.0 Å². The van der Waals surface area contributed by atoms with E-state index in [2.05, 4.69) is 15.0 Å². The van der Waals surface area contributed by atoms with Crippen molar-refractivity contribution in [3.05, 3.63) is 71.2 Å². The zero-order valence-electron chi connectivity index (χ0n) is 17.5. The molecule has 0 saturated carbocycles. The number of methoxy groups -OCH3 is 2. The molecule has 1 aromatic heterocycles. The molecule has 0 aliphatic carbocycles. The highest BCUT2D eigenvalue weighted by Gasteiger charge is 2.18. The number of hydrogen-bond acceptors (Lipinski definition) is 7. The van der Waals surface area contributed by atoms with Crippen molar-refractivity contribution in [2.75, 3.05) is 24.3 Å². The maximum Gasteiger partial charge on any atom is 0.261 e. The van der Waals surface area contributed by atoms with Gasteiger partial charge in [0.15, 0.2) is 5.13 Å².